The third-order valence-electron chi connectivity index (χ3n) is 3.71. The SMILES string of the molecule is CCCCCN1CC(C)(C)NCc2ccccc21. The minimum absolute atomic E-state index is 0.186. The summed E-state index contributed by atoms with van der Waals surface area (Å²) in [5, 5.41) is 3.66. The van der Waals surface area contributed by atoms with E-state index in [-0.39, 0.29) is 5.54 Å². The van der Waals surface area contributed by atoms with Crippen LogP contribution >= 0.6 is 0 Å². The third-order valence-corrected chi connectivity index (χ3v) is 3.71. The van der Waals surface area contributed by atoms with Crippen molar-refractivity contribution in [3.8, 4) is 0 Å². The first-order valence-electron chi connectivity index (χ1n) is 7.20. The van der Waals surface area contributed by atoms with Crippen molar-refractivity contribution in [3.05, 3.63) is 29.8 Å². The Kier molecular flexibility index (Phi) is 4.28. The maximum absolute atomic E-state index is 3.66. The van der Waals surface area contributed by atoms with Crippen LogP contribution in [0, 0.1) is 0 Å². The number of nitrogens with one attached hydrogen (secondary N) is 1. The average molecular weight is 246 g/mol. The molecule has 2 nitrogen and oxygen atoms in total. The van der Waals surface area contributed by atoms with Crippen LogP contribution in [0.25, 0.3) is 0 Å². The number of benzene rings is 1. The van der Waals surface area contributed by atoms with Gasteiger partial charge < -0.3 is 10.2 Å². The van der Waals surface area contributed by atoms with Gasteiger partial charge in [0.2, 0.25) is 0 Å². The van der Waals surface area contributed by atoms with Crippen molar-refractivity contribution in [2.75, 3.05) is 18.0 Å². The zero-order valence-corrected chi connectivity index (χ0v) is 12.0. The predicted molar refractivity (Wildman–Crippen MR) is 79.1 cm³/mol. The summed E-state index contributed by atoms with van der Waals surface area (Å²) >= 11 is 0. The zero-order chi connectivity index (χ0) is 13.0. The molecule has 1 heterocycles. The van der Waals surface area contributed by atoms with Crippen LogP contribution in [-0.4, -0.2) is 18.6 Å². The van der Waals surface area contributed by atoms with Crippen LogP contribution in [0.5, 0.6) is 0 Å². The van der Waals surface area contributed by atoms with Crippen molar-refractivity contribution < 1.29 is 0 Å². The topological polar surface area (TPSA) is 15.3 Å². The molecule has 0 radical (unpaired) electrons. The van der Waals surface area contributed by atoms with Gasteiger partial charge in [-0.15, -0.1) is 0 Å². The second-order valence-electron chi connectivity index (χ2n) is 5.99. The number of nitrogens with zero attached hydrogens (tertiary/aromatic N) is 1. The van der Waals surface area contributed by atoms with E-state index in [1.807, 2.05) is 0 Å². The van der Waals surface area contributed by atoms with E-state index in [2.05, 4.69) is 55.3 Å². The summed E-state index contributed by atoms with van der Waals surface area (Å²) in [6.07, 6.45) is 3.91. The quantitative estimate of drug-likeness (QED) is 0.817. The maximum atomic E-state index is 3.66. The second kappa shape index (κ2) is 5.75. The molecule has 1 aliphatic rings. The van der Waals surface area contributed by atoms with Crippen molar-refractivity contribution in [3.63, 3.8) is 0 Å². The number of hydrogen-bond donors (Lipinski definition) is 1. The van der Waals surface area contributed by atoms with Crippen LogP contribution in [0.4, 0.5) is 5.69 Å². The molecule has 1 aromatic carbocycles. The van der Waals surface area contributed by atoms with Gasteiger partial charge in [0.15, 0.2) is 0 Å². The van der Waals surface area contributed by atoms with Gasteiger partial charge in [0.1, 0.15) is 0 Å². The fraction of sp³-hybridized carbons (Fsp3) is 0.625. The Morgan fingerprint density at radius 1 is 1.22 bits per heavy atom. The molecule has 0 bridgehead atoms. The number of rotatable bonds is 4. The fourth-order valence-electron chi connectivity index (χ4n) is 2.67. The van der Waals surface area contributed by atoms with Gasteiger partial charge in [0.25, 0.3) is 0 Å². The van der Waals surface area contributed by atoms with E-state index in [1.54, 1.807) is 0 Å². The van der Waals surface area contributed by atoms with E-state index in [1.165, 1.54) is 37.1 Å². The van der Waals surface area contributed by atoms with Gasteiger partial charge in [-0.25, -0.2) is 0 Å². The van der Waals surface area contributed by atoms with Crippen LogP contribution in [0.1, 0.15) is 45.6 Å². The number of hydrogen-bond acceptors (Lipinski definition) is 2. The minimum atomic E-state index is 0.186. The van der Waals surface area contributed by atoms with Gasteiger partial charge in [-0.2, -0.15) is 0 Å². The molecule has 18 heavy (non-hydrogen) atoms. The summed E-state index contributed by atoms with van der Waals surface area (Å²) < 4.78 is 0. The first-order chi connectivity index (χ1) is 8.62. The Morgan fingerprint density at radius 3 is 2.78 bits per heavy atom. The smallest absolute Gasteiger partial charge is 0.0412 e. The standard InChI is InChI=1S/C16H26N2/c1-4-5-8-11-18-13-16(2,3)17-12-14-9-6-7-10-15(14)18/h6-7,9-10,17H,4-5,8,11-13H2,1-3H3. The minimum Gasteiger partial charge on any atom is -0.369 e. The van der Waals surface area contributed by atoms with E-state index >= 15 is 0 Å². The first kappa shape index (κ1) is 13.4. The normalized spacial score (nSPS) is 18.3. The summed E-state index contributed by atoms with van der Waals surface area (Å²) in [6.45, 7) is 10.1. The summed E-state index contributed by atoms with van der Waals surface area (Å²) in [5.74, 6) is 0. The van der Waals surface area contributed by atoms with Crippen LogP contribution in [0.15, 0.2) is 24.3 Å². The van der Waals surface area contributed by atoms with Gasteiger partial charge >= 0.3 is 0 Å². The summed E-state index contributed by atoms with van der Waals surface area (Å²) in [5.41, 5.74) is 3.04. The van der Waals surface area contributed by atoms with Gasteiger partial charge in [0.05, 0.1) is 0 Å². The lowest BCUT2D eigenvalue weighted by Gasteiger charge is -2.32. The Morgan fingerprint density at radius 2 is 2.00 bits per heavy atom. The third kappa shape index (κ3) is 3.26. The lowest BCUT2D eigenvalue weighted by molar-refractivity contribution is 0.394. The molecule has 1 aromatic rings. The Labute approximate surface area is 111 Å². The molecular formula is C16H26N2. The molecule has 2 heteroatoms. The number of para-hydroxylation sites is 1. The molecule has 1 N–H and O–H groups in total. The highest BCUT2D eigenvalue weighted by atomic mass is 15.2. The summed E-state index contributed by atoms with van der Waals surface area (Å²) in [4.78, 5) is 2.56. The molecule has 1 aliphatic heterocycles. The molecule has 0 fully saturated rings. The highest BCUT2D eigenvalue weighted by Crippen LogP contribution is 2.26. The van der Waals surface area contributed by atoms with Crippen molar-refractivity contribution in [2.45, 2.75) is 52.1 Å². The average Bonchev–Trinajstić information content (AvgIpc) is 2.48. The number of fused-ring (bicyclic) bond motifs is 1. The lowest BCUT2D eigenvalue weighted by atomic mass is 10.1. The molecular weight excluding hydrogens is 220 g/mol. The maximum Gasteiger partial charge on any atom is 0.0412 e. The van der Waals surface area contributed by atoms with E-state index in [9.17, 15) is 0 Å². The van der Waals surface area contributed by atoms with Gasteiger partial charge in [0, 0.05) is 30.9 Å². The van der Waals surface area contributed by atoms with Crippen molar-refractivity contribution in [2.24, 2.45) is 0 Å². The van der Waals surface area contributed by atoms with Crippen LogP contribution in [-0.2, 0) is 6.54 Å². The van der Waals surface area contributed by atoms with Crippen LogP contribution < -0.4 is 10.2 Å². The molecule has 0 aliphatic carbocycles. The van der Waals surface area contributed by atoms with Crippen molar-refractivity contribution >= 4 is 5.69 Å². The van der Waals surface area contributed by atoms with Gasteiger partial charge in [-0.3, -0.25) is 0 Å². The molecule has 0 saturated carbocycles. The van der Waals surface area contributed by atoms with Crippen LogP contribution in [0.3, 0.4) is 0 Å². The van der Waals surface area contributed by atoms with Crippen LogP contribution in [0.2, 0.25) is 0 Å². The van der Waals surface area contributed by atoms with E-state index in [4.69, 9.17) is 0 Å². The second-order valence-corrected chi connectivity index (χ2v) is 5.99. The van der Waals surface area contributed by atoms with Gasteiger partial charge in [-0.1, -0.05) is 38.0 Å². The summed E-state index contributed by atoms with van der Waals surface area (Å²) in [6, 6.07) is 8.81. The summed E-state index contributed by atoms with van der Waals surface area (Å²) in [7, 11) is 0. The Bertz CT molecular complexity index is 384. The largest absolute Gasteiger partial charge is 0.369 e. The molecule has 0 saturated heterocycles. The Hall–Kier alpha value is -1.02. The molecule has 0 aromatic heterocycles. The molecule has 0 spiro atoms. The predicted octanol–water partition coefficient (Wildman–Crippen LogP) is 3.57. The van der Waals surface area contributed by atoms with E-state index < -0.39 is 0 Å². The van der Waals surface area contributed by atoms with Crippen molar-refractivity contribution in [1.82, 2.24) is 5.32 Å². The molecule has 2 rings (SSSR count). The Balaban J connectivity index is 2.17. The molecule has 100 valence electrons. The highest BCUT2D eigenvalue weighted by Gasteiger charge is 2.26. The van der Waals surface area contributed by atoms with Gasteiger partial charge in [-0.05, 0) is 31.9 Å². The van der Waals surface area contributed by atoms with E-state index in [0.717, 1.165) is 13.1 Å². The fourth-order valence-corrected chi connectivity index (χ4v) is 2.67. The van der Waals surface area contributed by atoms with Crippen molar-refractivity contribution in [1.29, 1.82) is 0 Å². The molecule has 0 unspecified atom stereocenters. The number of unbranched alkanes of at least 4 members (excludes halogenated alkanes) is 2. The highest BCUT2D eigenvalue weighted by molar-refractivity contribution is 5.54. The van der Waals surface area contributed by atoms with E-state index in [0.29, 0.717) is 0 Å². The monoisotopic (exact) mass is 246 g/mol. The first-order valence-corrected chi connectivity index (χ1v) is 7.20. The molecule has 0 atom stereocenters. The zero-order valence-electron chi connectivity index (χ0n) is 12.0. The molecule has 0 amide bonds. The number of anilines is 1. The lowest BCUT2D eigenvalue weighted by Crippen LogP contribution is -2.47.